The average molecular weight is 347 g/mol. The Hall–Kier alpha value is -1.85. The van der Waals surface area contributed by atoms with Crippen LogP contribution >= 0.6 is 11.6 Å². The number of aryl methyl sites for hydroxylation is 1. The van der Waals surface area contributed by atoms with Gasteiger partial charge in [0, 0.05) is 43.0 Å². The molecular weight excluding hydrogens is 324 g/mol. The number of carbonyl (C=O) groups excluding carboxylic acids is 1. The second-order valence-corrected chi connectivity index (χ2v) is 7.00. The van der Waals surface area contributed by atoms with E-state index in [-0.39, 0.29) is 11.4 Å². The molecule has 1 saturated carbocycles. The summed E-state index contributed by atoms with van der Waals surface area (Å²) in [5.74, 6) is 0.0825. The molecule has 0 radical (unpaired) electrons. The molecule has 1 fully saturated rings. The number of hydrogen-bond donors (Lipinski definition) is 1. The van der Waals surface area contributed by atoms with Crippen molar-refractivity contribution in [3.63, 3.8) is 0 Å². The highest BCUT2D eigenvalue weighted by atomic mass is 35.5. The summed E-state index contributed by atoms with van der Waals surface area (Å²) in [6.07, 6.45) is 6.99. The van der Waals surface area contributed by atoms with Crippen molar-refractivity contribution in [2.45, 2.75) is 31.3 Å². The lowest BCUT2D eigenvalue weighted by atomic mass is 9.72. The molecule has 128 valence electrons. The van der Waals surface area contributed by atoms with Gasteiger partial charge in [0.2, 0.25) is 5.91 Å². The molecule has 2 aromatic rings. The van der Waals surface area contributed by atoms with E-state index < -0.39 is 0 Å². The van der Waals surface area contributed by atoms with Crippen LogP contribution in [0, 0.1) is 0 Å². The van der Waals surface area contributed by atoms with Gasteiger partial charge in [0.25, 0.3) is 0 Å². The number of aromatic nitrogens is 2. The van der Waals surface area contributed by atoms with Crippen LogP contribution in [0.4, 0.5) is 0 Å². The van der Waals surface area contributed by atoms with Gasteiger partial charge in [0.15, 0.2) is 0 Å². The van der Waals surface area contributed by atoms with E-state index >= 15 is 0 Å². The summed E-state index contributed by atoms with van der Waals surface area (Å²) in [7, 11) is 3.70. The fourth-order valence-corrected chi connectivity index (χ4v) is 3.29. The smallest absolute Gasteiger partial charge is 0.236 e. The van der Waals surface area contributed by atoms with Crippen LogP contribution in [-0.4, -0.2) is 34.2 Å². The number of carbonyl (C=O) groups is 1. The fourth-order valence-electron chi connectivity index (χ4n) is 3.16. The third-order valence-corrected chi connectivity index (χ3v) is 5.04. The lowest BCUT2D eigenvalue weighted by molar-refractivity contribution is -0.130. The first kappa shape index (κ1) is 17.0. The molecule has 0 aliphatic heterocycles. The van der Waals surface area contributed by atoms with Gasteiger partial charge in [0.05, 0.1) is 12.7 Å². The highest BCUT2D eigenvalue weighted by Crippen LogP contribution is 2.41. The van der Waals surface area contributed by atoms with Gasteiger partial charge in [-0.3, -0.25) is 14.8 Å². The van der Waals surface area contributed by atoms with E-state index in [1.807, 2.05) is 32.4 Å². The first-order valence-electron chi connectivity index (χ1n) is 8.21. The number of likely N-dealkylation sites (N-methyl/N-ethyl adjacent to an activating group) is 1. The maximum atomic E-state index is 12.4. The third kappa shape index (κ3) is 3.62. The number of nitrogens with zero attached hydrogens (tertiary/aromatic N) is 3. The van der Waals surface area contributed by atoms with Crippen molar-refractivity contribution >= 4 is 17.5 Å². The molecule has 1 aliphatic rings. The van der Waals surface area contributed by atoms with Crippen LogP contribution in [0.2, 0.25) is 5.02 Å². The Kier molecular flexibility index (Phi) is 4.92. The van der Waals surface area contributed by atoms with E-state index in [2.05, 4.69) is 22.5 Å². The van der Waals surface area contributed by atoms with Crippen molar-refractivity contribution in [2.75, 3.05) is 13.6 Å². The minimum Gasteiger partial charge on any atom is -0.340 e. The molecule has 5 nitrogen and oxygen atoms in total. The number of nitrogens with one attached hydrogen (secondary N) is 1. The summed E-state index contributed by atoms with van der Waals surface area (Å²) in [4.78, 5) is 14.2. The molecule has 0 saturated heterocycles. The van der Waals surface area contributed by atoms with Crippen LogP contribution in [0.3, 0.4) is 0 Å². The van der Waals surface area contributed by atoms with E-state index in [9.17, 15) is 4.79 Å². The second kappa shape index (κ2) is 6.95. The predicted molar refractivity (Wildman–Crippen MR) is 94.7 cm³/mol. The Morgan fingerprint density at radius 2 is 2.08 bits per heavy atom. The minimum atomic E-state index is -0.0879. The van der Waals surface area contributed by atoms with Crippen LogP contribution in [-0.2, 0) is 23.9 Å². The average Bonchev–Trinajstić information content (AvgIpc) is 2.92. The summed E-state index contributed by atoms with van der Waals surface area (Å²) in [5.41, 5.74) is 2.15. The zero-order valence-corrected chi connectivity index (χ0v) is 14.9. The fraction of sp³-hybridized carbons (Fsp3) is 0.444. The van der Waals surface area contributed by atoms with Crippen LogP contribution in [0.5, 0.6) is 0 Å². The van der Waals surface area contributed by atoms with E-state index in [1.165, 1.54) is 12.0 Å². The molecule has 1 heterocycles. The standard InChI is InChI=1S/C18H23ClN4O/c1-22(12-14-10-21-23(2)13-14)17(24)11-20-18(8-3-9-18)15-4-6-16(19)7-5-15/h4-7,10,13,20H,3,8-9,11-12H2,1-2H3. The molecule has 0 bridgehead atoms. The van der Waals surface area contributed by atoms with Gasteiger partial charge < -0.3 is 4.90 Å². The van der Waals surface area contributed by atoms with Crippen molar-refractivity contribution in [1.29, 1.82) is 0 Å². The molecular formula is C18H23ClN4O. The molecule has 0 atom stereocenters. The molecule has 1 aromatic carbocycles. The Labute approximate surface area is 147 Å². The van der Waals surface area contributed by atoms with Crippen molar-refractivity contribution in [1.82, 2.24) is 20.0 Å². The largest absolute Gasteiger partial charge is 0.340 e. The summed E-state index contributed by atoms with van der Waals surface area (Å²) in [6, 6.07) is 7.93. The van der Waals surface area contributed by atoms with Crippen molar-refractivity contribution in [3.05, 3.63) is 52.8 Å². The zero-order chi connectivity index (χ0) is 17.2. The highest BCUT2D eigenvalue weighted by molar-refractivity contribution is 6.30. The number of benzene rings is 1. The first-order valence-corrected chi connectivity index (χ1v) is 8.59. The monoisotopic (exact) mass is 346 g/mol. The van der Waals surface area contributed by atoms with Crippen molar-refractivity contribution in [3.8, 4) is 0 Å². The summed E-state index contributed by atoms with van der Waals surface area (Å²) < 4.78 is 1.75. The van der Waals surface area contributed by atoms with Gasteiger partial charge in [-0.05, 0) is 37.0 Å². The third-order valence-electron chi connectivity index (χ3n) is 4.79. The van der Waals surface area contributed by atoms with Crippen molar-refractivity contribution < 1.29 is 4.79 Å². The number of rotatable bonds is 6. The maximum absolute atomic E-state index is 12.4. The van der Waals surface area contributed by atoms with Gasteiger partial charge in [-0.25, -0.2) is 0 Å². The lowest BCUT2D eigenvalue weighted by Gasteiger charge is -2.43. The van der Waals surface area contributed by atoms with Gasteiger partial charge in [-0.1, -0.05) is 23.7 Å². The molecule has 1 aromatic heterocycles. The van der Waals surface area contributed by atoms with Gasteiger partial charge in [0.1, 0.15) is 0 Å². The number of amides is 1. The number of hydrogen-bond acceptors (Lipinski definition) is 3. The normalized spacial score (nSPS) is 15.8. The van der Waals surface area contributed by atoms with Crippen LogP contribution in [0.25, 0.3) is 0 Å². The Morgan fingerprint density at radius 3 is 2.62 bits per heavy atom. The second-order valence-electron chi connectivity index (χ2n) is 6.57. The minimum absolute atomic E-state index is 0.0825. The molecule has 3 rings (SSSR count). The summed E-state index contributed by atoms with van der Waals surface area (Å²) >= 11 is 5.98. The molecule has 0 unspecified atom stereocenters. The maximum Gasteiger partial charge on any atom is 0.236 e. The van der Waals surface area contributed by atoms with E-state index in [4.69, 9.17) is 11.6 Å². The van der Waals surface area contributed by atoms with Crippen LogP contribution < -0.4 is 5.32 Å². The highest BCUT2D eigenvalue weighted by Gasteiger charge is 2.38. The Morgan fingerprint density at radius 1 is 1.38 bits per heavy atom. The van der Waals surface area contributed by atoms with E-state index in [1.54, 1.807) is 15.8 Å². The Balaban J connectivity index is 1.59. The van der Waals surface area contributed by atoms with Crippen molar-refractivity contribution in [2.24, 2.45) is 7.05 Å². The molecule has 1 aliphatic carbocycles. The quantitative estimate of drug-likeness (QED) is 0.875. The van der Waals surface area contributed by atoms with Crippen LogP contribution in [0.1, 0.15) is 30.4 Å². The zero-order valence-electron chi connectivity index (χ0n) is 14.1. The van der Waals surface area contributed by atoms with Gasteiger partial charge in [-0.15, -0.1) is 0 Å². The van der Waals surface area contributed by atoms with E-state index in [0.29, 0.717) is 13.1 Å². The Bertz CT molecular complexity index is 706. The predicted octanol–water partition coefficient (Wildman–Crippen LogP) is 2.70. The molecule has 0 spiro atoms. The lowest BCUT2D eigenvalue weighted by Crippen LogP contribution is -2.51. The SMILES string of the molecule is CN(Cc1cnn(C)c1)C(=O)CNC1(c2ccc(Cl)cc2)CCC1. The summed E-state index contributed by atoms with van der Waals surface area (Å²) in [6.45, 7) is 0.904. The summed E-state index contributed by atoms with van der Waals surface area (Å²) in [5, 5.41) is 8.36. The van der Waals surface area contributed by atoms with E-state index in [0.717, 1.165) is 23.4 Å². The molecule has 1 amide bonds. The molecule has 24 heavy (non-hydrogen) atoms. The van der Waals surface area contributed by atoms with Crippen LogP contribution in [0.15, 0.2) is 36.7 Å². The topological polar surface area (TPSA) is 50.2 Å². The molecule has 6 heteroatoms. The molecule has 1 N–H and O–H groups in total. The number of halogens is 1. The first-order chi connectivity index (χ1) is 11.5. The van der Waals surface area contributed by atoms with Gasteiger partial charge in [-0.2, -0.15) is 5.10 Å². The van der Waals surface area contributed by atoms with Gasteiger partial charge >= 0.3 is 0 Å².